The Morgan fingerprint density at radius 1 is 0.584 bits per heavy atom. The molecule has 8 rings (SSSR count). The SMILES string of the molecule is CCOc1ccc(NC(=O)c2cc3ccccc3c(N=Nc3cc(S(=O)(=O)O)cc(CC)c3Cl)c2O)cc1.CCOc1ccc(NC(=O)c2cc3ccccc3c(N=Nc3cc(S(=O)(=O)[O-])cc(CC)c3Cl)c2[O-])cc1.[Ca+2]. The van der Waals surface area contributed by atoms with Crippen molar-refractivity contribution >= 4 is 149 Å². The number of aryl methyl sites for hydroxylation is 2. The van der Waals surface area contributed by atoms with Gasteiger partial charge in [-0.2, -0.15) is 13.5 Å². The van der Waals surface area contributed by atoms with Gasteiger partial charge in [-0.1, -0.05) is 91.3 Å². The summed E-state index contributed by atoms with van der Waals surface area (Å²) >= 11 is 12.7. The maximum absolute atomic E-state index is 13.4. The average Bonchev–Trinajstić information content (AvgIpc) is 3.41. The topological polar surface area (TPSA) is 281 Å². The Morgan fingerprint density at radius 3 is 1.45 bits per heavy atom. The molecule has 0 heterocycles. The standard InChI is InChI=1S/2C27H24ClN3O6S.Ca/c2*1-3-16-13-20(38(34,35)36)15-23(24(16)28)30-31-25-21-8-6-5-7-17(21)14-22(26(25)32)27(33)29-18-9-11-19(12-10-18)37-4-2;/h2*5-15,32H,3-4H2,1-2H3,(H,29,33)(H,34,35,36);/q;;+2/p-2. The van der Waals surface area contributed by atoms with Crippen LogP contribution < -0.4 is 25.2 Å². The van der Waals surface area contributed by atoms with Crippen molar-refractivity contribution in [3.63, 3.8) is 0 Å². The number of anilines is 2. The largest absolute Gasteiger partial charge is 2.00 e. The van der Waals surface area contributed by atoms with E-state index < -0.39 is 48.4 Å². The second kappa shape index (κ2) is 26.1. The molecule has 0 atom stereocenters. The van der Waals surface area contributed by atoms with E-state index >= 15 is 0 Å². The van der Waals surface area contributed by atoms with Gasteiger partial charge in [-0.25, -0.2) is 8.42 Å². The summed E-state index contributed by atoms with van der Waals surface area (Å²) in [4.78, 5) is 25.3. The Kier molecular flexibility index (Phi) is 20.2. The zero-order valence-corrected chi connectivity index (χ0v) is 46.9. The van der Waals surface area contributed by atoms with Gasteiger partial charge in [-0.15, -0.1) is 15.3 Å². The summed E-state index contributed by atoms with van der Waals surface area (Å²) in [5.41, 5.74) is 1.32. The van der Waals surface area contributed by atoms with Crippen molar-refractivity contribution in [1.82, 2.24) is 0 Å². The van der Waals surface area contributed by atoms with Crippen LogP contribution in [0.4, 0.5) is 34.1 Å². The fourth-order valence-electron chi connectivity index (χ4n) is 7.61. The van der Waals surface area contributed by atoms with E-state index in [0.29, 0.717) is 81.6 Å². The van der Waals surface area contributed by atoms with Crippen LogP contribution in [0.5, 0.6) is 23.0 Å². The third-order valence-electron chi connectivity index (χ3n) is 11.4. The van der Waals surface area contributed by atoms with Crippen LogP contribution in [0.3, 0.4) is 0 Å². The van der Waals surface area contributed by atoms with Crippen molar-refractivity contribution in [3.05, 3.63) is 166 Å². The minimum atomic E-state index is -4.79. The summed E-state index contributed by atoms with van der Waals surface area (Å²) in [6.45, 7) is 8.25. The van der Waals surface area contributed by atoms with Gasteiger partial charge in [-0.3, -0.25) is 14.1 Å². The number of nitrogens with zero attached hydrogens (tertiary/aromatic N) is 4. The minimum absolute atomic E-state index is 0. The average molecular weight is 1150 g/mol. The molecular formula is C54H46CaCl2N6O12S2. The van der Waals surface area contributed by atoms with Crippen LogP contribution in [0, 0.1) is 0 Å². The molecule has 0 unspecified atom stereocenters. The van der Waals surface area contributed by atoms with Crippen molar-refractivity contribution in [1.29, 1.82) is 0 Å². The van der Waals surface area contributed by atoms with E-state index in [1.54, 1.807) is 111 Å². The Hall–Kier alpha value is -6.72. The molecule has 0 aromatic heterocycles. The van der Waals surface area contributed by atoms with Crippen LogP contribution in [0.2, 0.25) is 10.0 Å². The van der Waals surface area contributed by atoms with Gasteiger partial charge in [0.2, 0.25) is 0 Å². The van der Waals surface area contributed by atoms with Crippen molar-refractivity contribution in [2.24, 2.45) is 20.5 Å². The minimum Gasteiger partial charge on any atom is -0.870 e. The molecule has 2 amide bonds. The number of halogens is 2. The Balaban J connectivity index is 0.000000246. The van der Waals surface area contributed by atoms with Gasteiger partial charge in [0.25, 0.3) is 21.9 Å². The summed E-state index contributed by atoms with van der Waals surface area (Å²) in [5, 5.41) is 48.6. The zero-order valence-electron chi connectivity index (χ0n) is 41.6. The predicted molar refractivity (Wildman–Crippen MR) is 294 cm³/mol. The number of hydrogen-bond acceptors (Lipinski definition) is 15. The van der Waals surface area contributed by atoms with Crippen molar-refractivity contribution in [2.45, 2.75) is 50.3 Å². The van der Waals surface area contributed by atoms with Crippen molar-refractivity contribution in [2.75, 3.05) is 23.8 Å². The van der Waals surface area contributed by atoms with Gasteiger partial charge in [0.1, 0.15) is 38.7 Å². The first-order valence-electron chi connectivity index (χ1n) is 23.2. The maximum Gasteiger partial charge on any atom is 2.00 e. The number of amides is 2. The summed E-state index contributed by atoms with van der Waals surface area (Å²) in [5.74, 6) is -1.03. The molecule has 77 heavy (non-hydrogen) atoms. The van der Waals surface area contributed by atoms with Gasteiger partial charge in [0.05, 0.1) is 44.3 Å². The smallest absolute Gasteiger partial charge is 0.870 e. The van der Waals surface area contributed by atoms with E-state index in [4.69, 9.17) is 32.7 Å². The van der Waals surface area contributed by atoms with Gasteiger partial charge in [0.15, 0.2) is 5.75 Å². The number of carbonyl (C=O) groups excluding carboxylic acids is 2. The molecule has 0 aliphatic rings. The first-order valence-corrected chi connectivity index (χ1v) is 26.8. The van der Waals surface area contributed by atoms with Crippen LogP contribution in [0.15, 0.2) is 164 Å². The number of azo groups is 2. The third-order valence-corrected chi connectivity index (χ3v) is 13.9. The van der Waals surface area contributed by atoms with E-state index in [0.717, 1.165) is 12.1 Å². The summed E-state index contributed by atoms with van der Waals surface area (Å²) < 4.78 is 78.7. The molecule has 4 N–H and O–H groups in total. The van der Waals surface area contributed by atoms with E-state index in [2.05, 4.69) is 31.1 Å². The number of nitrogens with one attached hydrogen (secondary N) is 2. The molecule has 0 aliphatic heterocycles. The fourth-order valence-corrected chi connectivity index (χ4v) is 9.26. The molecule has 0 saturated carbocycles. The molecular weight excluding hydrogens is 1100 g/mol. The van der Waals surface area contributed by atoms with Gasteiger partial charge >= 0.3 is 37.7 Å². The fraction of sp³-hybridized carbons (Fsp3) is 0.148. The number of fused-ring (bicyclic) bond motifs is 2. The molecule has 0 radical (unpaired) electrons. The number of hydrogen-bond donors (Lipinski definition) is 4. The summed E-state index contributed by atoms with van der Waals surface area (Å²) in [7, 11) is -9.31. The van der Waals surface area contributed by atoms with Crippen LogP contribution in [0.25, 0.3) is 21.5 Å². The molecule has 23 heteroatoms. The molecule has 0 aliphatic carbocycles. The summed E-state index contributed by atoms with van der Waals surface area (Å²) in [6.07, 6.45) is 0.710. The number of carbonyl (C=O) groups is 2. The Labute approximate surface area is 483 Å². The second-order valence-electron chi connectivity index (χ2n) is 16.4. The number of ether oxygens (including phenoxy) is 2. The van der Waals surface area contributed by atoms with E-state index in [9.17, 15) is 45.7 Å². The first kappa shape index (κ1) is 59.5. The van der Waals surface area contributed by atoms with E-state index in [1.165, 1.54) is 24.3 Å². The van der Waals surface area contributed by atoms with Crippen LogP contribution in [-0.4, -0.2) is 93.8 Å². The molecule has 0 bridgehead atoms. The molecule has 0 fully saturated rings. The quantitative estimate of drug-likeness (QED) is 0.0399. The normalized spacial score (nSPS) is 11.5. The Bertz CT molecular complexity index is 3560. The summed E-state index contributed by atoms with van der Waals surface area (Å²) in [6, 6.07) is 34.8. The van der Waals surface area contributed by atoms with Crippen LogP contribution in [-0.2, 0) is 33.1 Å². The number of phenolic OH excluding ortho intramolecular Hbond substituents is 1. The second-order valence-corrected chi connectivity index (χ2v) is 19.9. The van der Waals surface area contributed by atoms with Crippen molar-refractivity contribution < 1.29 is 55.2 Å². The predicted octanol–water partition coefficient (Wildman–Crippen LogP) is 12.8. The monoisotopic (exact) mass is 1140 g/mol. The number of rotatable bonds is 16. The van der Waals surface area contributed by atoms with Crippen molar-refractivity contribution in [3.8, 4) is 23.0 Å². The number of aromatic hydroxyl groups is 1. The number of phenols is 1. The maximum atomic E-state index is 13.4. The first-order chi connectivity index (χ1) is 36.2. The van der Waals surface area contributed by atoms with Gasteiger partial charge < -0.3 is 34.9 Å². The zero-order chi connectivity index (χ0) is 54.9. The third kappa shape index (κ3) is 14.5. The molecule has 8 aromatic carbocycles. The number of benzene rings is 8. The van der Waals surface area contributed by atoms with Gasteiger partial charge in [-0.05, 0) is 134 Å². The van der Waals surface area contributed by atoms with E-state index in [-0.39, 0.29) is 86.6 Å². The van der Waals surface area contributed by atoms with E-state index in [1.807, 2.05) is 13.8 Å². The van der Waals surface area contributed by atoms with Crippen LogP contribution >= 0.6 is 23.2 Å². The molecule has 0 saturated heterocycles. The molecule has 18 nitrogen and oxygen atoms in total. The molecule has 8 aromatic rings. The molecule has 0 spiro atoms. The van der Waals surface area contributed by atoms with Gasteiger partial charge in [0, 0.05) is 27.7 Å². The van der Waals surface area contributed by atoms with Crippen LogP contribution in [0.1, 0.15) is 59.5 Å². The molecule has 392 valence electrons. The Morgan fingerprint density at radius 2 is 1.00 bits per heavy atom.